The summed E-state index contributed by atoms with van der Waals surface area (Å²) in [6, 6.07) is 0.640. The molecule has 1 aliphatic heterocycles. The Kier molecular flexibility index (Phi) is 5.75. The molecule has 0 aromatic rings. The highest BCUT2D eigenvalue weighted by molar-refractivity contribution is 4.76. The highest BCUT2D eigenvalue weighted by atomic mass is 16.5. The first-order valence-corrected chi connectivity index (χ1v) is 7.35. The van der Waals surface area contributed by atoms with Crippen molar-refractivity contribution in [3.63, 3.8) is 0 Å². The first kappa shape index (κ1) is 13.3. The highest BCUT2D eigenvalue weighted by Crippen LogP contribution is 2.20. The Morgan fingerprint density at radius 3 is 2.82 bits per heavy atom. The van der Waals surface area contributed by atoms with Crippen molar-refractivity contribution in [3.8, 4) is 0 Å². The molecule has 100 valence electrons. The number of nitrogens with one attached hydrogen (secondary N) is 1. The molecule has 2 unspecified atom stereocenters. The smallest absolute Gasteiger partial charge is 0.0594 e. The molecular formula is C14H27NO2. The van der Waals surface area contributed by atoms with E-state index in [9.17, 15) is 0 Å². The molecule has 1 heterocycles. The number of rotatable bonds is 6. The Balaban J connectivity index is 1.52. The maximum absolute atomic E-state index is 5.85. The second-order valence-corrected chi connectivity index (χ2v) is 5.35. The summed E-state index contributed by atoms with van der Waals surface area (Å²) in [5.74, 6) is 0. The first-order valence-electron chi connectivity index (χ1n) is 7.35. The van der Waals surface area contributed by atoms with Gasteiger partial charge in [0.2, 0.25) is 0 Å². The summed E-state index contributed by atoms with van der Waals surface area (Å²) >= 11 is 0. The van der Waals surface area contributed by atoms with Crippen LogP contribution >= 0.6 is 0 Å². The molecule has 0 aromatic heterocycles. The Bertz CT molecular complexity index is 204. The van der Waals surface area contributed by atoms with Crippen LogP contribution in [0.4, 0.5) is 0 Å². The van der Waals surface area contributed by atoms with Crippen LogP contribution in [0.25, 0.3) is 0 Å². The largest absolute Gasteiger partial charge is 0.378 e. The van der Waals surface area contributed by atoms with E-state index in [-0.39, 0.29) is 0 Å². The molecule has 3 heteroatoms. The van der Waals surface area contributed by atoms with Gasteiger partial charge in [-0.1, -0.05) is 19.8 Å². The van der Waals surface area contributed by atoms with Crippen LogP contribution in [0.5, 0.6) is 0 Å². The van der Waals surface area contributed by atoms with E-state index in [2.05, 4.69) is 12.2 Å². The minimum atomic E-state index is 0.469. The quantitative estimate of drug-likeness (QED) is 0.725. The SMILES string of the molecule is CCC1CC(NCCOC2CCCC2)CCO1. The lowest BCUT2D eigenvalue weighted by atomic mass is 10.0. The highest BCUT2D eigenvalue weighted by Gasteiger charge is 2.20. The molecule has 1 N–H and O–H groups in total. The number of hydrogen-bond donors (Lipinski definition) is 1. The van der Waals surface area contributed by atoms with E-state index in [1.54, 1.807) is 0 Å². The van der Waals surface area contributed by atoms with E-state index in [1.165, 1.54) is 32.1 Å². The van der Waals surface area contributed by atoms with Crippen molar-refractivity contribution in [3.05, 3.63) is 0 Å². The van der Waals surface area contributed by atoms with Crippen LogP contribution < -0.4 is 5.32 Å². The minimum Gasteiger partial charge on any atom is -0.378 e. The zero-order valence-electron chi connectivity index (χ0n) is 11.1. The average molecular weight is 241 g/mol. The third-order valence-electron chi connectivity index (χ3n) is 4.01. The van der Waals surface area contributed by atoms with Crippen LogP contribution in [0, 0.1) is 0 Å². The second-order valence-electron chi connectivity index (χ2n) is 5.35. The van der Waals surface area contributed by atoms with E-state index >= 15 is 0 Å². The zero-order chi connectivity index (χ0) is 11.9. The predicted molar refractivity (Wildman–Crippen MR) is 69.3 cm³/mol. The van der Waals surface area contributed by atoms with E-state index in [1.807, 2.05) is 0 Å². The van der Waals surface area contributed by atoms with Gasteiger partial charge in [0.25, 0.3) is 0 Å². The Labute approximate surface area is 105 Å². The van der Waals surface area contributed by atoms with Gasteiger partial charge in [0.05, 0.1) is 18.8 Å². The predicted octanol–water partition coefficient (Wildman–Crippen LogP) is 2.49. The third kappa shape index (κ3) is 4.57. The topological polar surface area (TPSA) is 30.5 Å². The van der Waals surface area contributed by atoms with Crippen molar-refractivity contribution < 1.29 is 9.47 Å². The normalized spacial score (nSPS) is 30.9. The average Bonchev–Trinajstić information content (AvgIpc) is 2.88. The van der Waals surface area contributed by atoms with E-state index in [0.29, 0.717) is 18.2 Å². The van der Waals surface area contributed by atoms with Gasteiger partial charge in [0.15, 0.2) is 0 Å². The fraction of sp³-hybridized carbons (Fsp3) is 1.00. The fourth-order valence-electron chi connectivity index (χ4n) is 2.89. The molecule has 3 nitrogen and oxygen atoms in total. The second kappa shape index (κ2) is 7.34. The Morgan fingerprint density at radius 2 is 2.06 bits per heavy atom. The molecule has 2 aliphatic rings. The molecule has 0 bridgehead atoms. The number of hydrogen-bond acceptors (Lipinski definition) is 3. The van der Waals surface area contributed by atoms with E-state index in [4.69, 9.17) is 9.47 Å². The summed E-state index contributed by atoms with van der Waals surface area (Å²) in [5.41, 5.74) is 0. The molecule has 1 aliphatic carbocycles. The van der Waals surface area contributed by atoms with Gasteiger partial charge in [-0.3, -0.25) is 0 Å². The Hall–Kier alpha value is -0.120. The summed E-state index contributed by atoms with van der Waals surface area (Å²) in [4.78, 5) is 0. The van der Waals surface area contributed by atoms with Crippen molar-refractivity contribution in [1.29, 1.82) is 0 Å². The molecular weight excluding hydrogens is 214 g/mol. The summed E-state index contributed by atoms with van der Waals surface area (Å²) < 4.78 is 11.5. The monoisotopic (exact) mass is 241 g/mol. The van der Waals surface area contributed by atoms with Gasteiger partial charge in [0.1, 0.15) is 0 Å². The molecule has 2 fully saturated rings. The third-order valence-corrected chi connectivity index (χ3v) is 4.01. The lowest BCUT2D eigenvalue weighted by molar-refractivity contribution is -0.00298. The van der Waals surface area contributed by atoms with Gasteiger partial charge >= 0.3 is 0 Å². The molecule has 2 rings (SSSR count). The number of ether oxygens (including phenoxy) is 2. The van der Waals surface area contributed by atoms with Crippen molar-refractivity contribution >= 4 is 0 Å². The summed E-state index contributed by atoms with van der Waals surface area (Å²) in [6.07, 6.45) is 9.74. The van der Waals surface area contributed by atoms with Crippen molar-refractivity contribution in [2.24, 2.45) is 0 Å². The lowest BCUT2D eigenvalue weighted by Crippen LogP contribution is -2.40. The van der Waals surface area contributed by atoms with Gasteiger partial charge in [-0.25, -0.2) is 0 Å². The zero-order valence-corrected chi connectivity index (χ0v) is 11.1. The van der Waals surface area contributed by atoms with Crippen LogP contribution in [-0.2, 0) is 9.47 Å². The molecule has 0 radical (unpaired) electrons. The molecule has 1 saturated carbocycles. The fourth-order valence-corrected chi connectivity index (χ4v) is 2.89. The van der Waals surface area contributed by atoms with Gasteiger partial charge in [-0.2, -0.15) is 0 Å². The van der Waals surface area contributed by atoms with E-state index in [0.717, 1.165) is 32.6 Å². The maximum Gasteiger partial charge on any atom is 0.0594 e. The van der Waals surface area contributed by atoms with E-state index < -0.39 is 0 Å². The van der Waals surface area contributed by atoms with Gasteiger partial charge < -0.3 is 14.8 Å². The van der Waals surface area contributed by atoms with Gasteiger partial charge in [-0.15, -0.1) is 0 Å². The summed E-state index contributed by atoms with van der Waals surface area (Å²) in [7, 11) is 0. The van der Waals surface area contributed by atoms with Crippen LogP contribution in [-0.4, -0.2) is 38.0 Å². The molecule has 2 atom stereocenters. The van der Waals surface area contributed by atoms with Crippen molar-refractivity contribution in [2.75, 3.05) is 19.8 Å². The summed E-state index contributed by atoms with van der Waals surface area (Å²) in [6.45, 7) is 4.99. The van der Waals surface area contributed by atoms with Crippen LogP contribution in [0.3, 0.4) is 0 Å². The van der Waals surface area contributed by atoms with Gasteiger partial charge in [-0.05, 0) is 32.1 Å². The van der Waals surface area contributed by atoms with Crippen LogP contribution in [0.1, 0.15) is 51.9 Å². The molecule has 17 heavy (non-hydrogen) atoms. The van der Waals surface area contributed by atoms with Gasteiger partial charge in [0, 0.05) is 19.2 Å². The van der Waals surface area contributed by atoms with Crippen LogP contribution in [0.2, 0.25) is 0 Å². The van der Waals surface area contributed by atoms with Crippen molar-refractivity contribution in [2.45, 2.75) is 70.1 Å². The Morgan fingerprint density at radius 1 is 1.24 bits per heavy atom. The molecule has 1 saturated heterocycles. The molecule has 0 amide bonds. The standard InChI is InChI=1S/C14H27NO2/c1-2-13-11-12(7-9-16-13)15-8-10-17-14-5-3-4-6-14/h12-15H,2-11H2,1H3. The first-order chi connectivity index (χ1) is 8.38. The maximum atomic E-state index is 5.85. The molecule has 0 spiro atoms. The minimum absolute atomic E-state index is 0.469. The van der Waals surface area contributed by atoms with Crippen molar-refractivity contribution in [1.82, 2.24) is 5.32 Å². The van der Waals surface area contributed by atoms with Crippen LogP contribution in [0.15, 0.2) is 0 Å². The summed E-state index contributed by atoms with van der Waals surface area (Å²) in [5, 5.41) is 3.60. The lowest BCUT2D eigenvalue weighted by Gasteiger charge is -2.29. The molecule has 0 aromatic carbocycles.